The second-order valence-corrected chi connectivity index (χ2v) is 9.57. The first-order chi connectivity index (χ1) is 12.7. The molecule has 0 bridgehead atoms. The monoisotopic (exact) mass is 480 g/mol. The zero-order chi connectivity index (χ0) is 19.9. The minimum absolute atomic E-state index is 0. The first-order valence-corrected chi connectivity index (χ1v) is 11.0. The molecule has 5 nitrogen and oxygen atoms in total. The van der Waals surface area contributed by atoms with Gasteiger partial charge in [-0.05, 0) is 27.6 Å². The van der Waals surface area contributed by atoms with E-state index < -0.39 is 21.7 Å². The van der Waals surface area contributed by atoms with Gasteiger partial charge >= 0.3 is 51.4 Å². The van der Waals surface area contributed by atoms with Gasteiger partial charge in [0.1, 0.15) is 0 Å². The molecule has 10 heteroatoms. The Morgan fingerprint density at radius 2 is 1.68 bits per heavy atom. The fraction of sp³-hybridized carbons (Fsp3) is 0.222. The van der Waals surface area contributed by atoms with Crippen LogP contribution >= 0.6 is 23.8 Å². The molecule has 0 aliphatic carbocycles. The standard InChI is InChI=1S/C18H19ClN2O3S3.K/c19-16-8-6-14(7-9-16)15(10-17(22)20-21-18(25)26)12-27(23,24)11-13-4-2-1-3-5-13;/h1-9,15H,10-12H2,(H,20,22)(H2,21,25,26);/q;+1/p-1. The van der Waals surface area contributed by atoms with Gasteiger partial charge in [0, 0.05) is 17.4 Å². The number of halogens is 1. The fourth-order valence-corrected chi connectivity index (χ4v) is 4.57. The van der Waals surface area contributed by atoms with Crippen molar-refractivity contribution in [2.45, 2.75) is 18.1 Å². The quantitative estimate of drug-likeness (QED) is 0.249. The van der Waals surface area contributed by atoms with E-state index in [2.05, 4.69) is 35.7 Å². The first-order valence-electron chi connectivity index (χ1n) is 8.01. The molecule has 1 unspecified atom stereocenters. The van der Waals surface area contributed by atoms with Crippen LogP contribution in [0, 0.1) is 0 Å². The molecular formula is C18H18ClKN2O3S3. The molecule has 0 fully saturated rings. The van der Waals surface area contributed by atoms with Gasteiger partial charge in [-0.3, -0.25) is 10.2 Å². The molecule has 0 aromatic heterocycles. The predicted molar refractivity (Wildman–Crippen MR) is 114 cm³/mol. The summed E-state index contributed by atoms with van der Waals surface area (Å²) in [7, 11) is -3.45. The number of benzene rings is 2. The number of hydrogen-bond acceptors (Lipinski definition) is 5. The number of rotatable bonds is 7. The second kappa shape index (κ2) is 12.6. The molecule has 2 aromatic rings. The molecule has 1 amide bonds. The number of nitrogens with one attached hydrogen (secondary N) is 2. The van der Waals surface area contributed by atoms with Crippen molar-refractivity contribution in [2.75, 3.05) is 5.75 Å². The van der Waals surface area contributed by atoms with Crippen molar-refractivity contribution in [1.82, 2.24) is 10.9 Å². The molecule has 0 heterocycles. The van der Waals surface area contributed by atoms with Crippen molar-refractivity contribution in [2.24, 2.45) is 0 Å². The van der Waals surface area contributed by atoms with Crippen LogP contribution in [0.3, 0.4) is 0 Å². The van der Waals surface area contributed by atoms with E-state index in [9.17, 15) is 13.2 Å². The minimum atomic E-state index is -3.45. The molecule has 2 rings (SSSR count). The summed E-state index contributed by atoms with van der Waals surface area (Å²) < 4.78 is 25.4. The van der Waals surface area contributed by atoms with Crippen LogP contribution in [0.15, 0.2) is 54.6 Å². The molecule has 0 aliphatic rings. The van der Waals surface area contributed by atoms with E-state index in [4.69, 9.17) is 11.6 Å². The molecular weight excluding hydrogens is 463 g/mol. The summed E-state index contributed by atoms with van der Waals surface area (Å²) in [5.41, 5.74) is 6.18. The van der Waals surface area contributed by atoms with E-state index in [0.717, 1.165) is 0 Å². The third kappa shape index (κ3) is 9.60. The number of hydrazine groups is 1. The Balaban J connectivity index is 0.00000392. The van der Waals surface area contributed by atoms with Gasteiger partial charge in [-0.15, -0.1) is 0 Å². The summed E-state index contributed by atoms with van der Waals surface area (Å²) in [6.07, 6.45) is -0.0411. The summed E-state index contributed by atoms with van der Waals surface area (Å²) in [6, 6.07) is 15.7. The van der Waals surface area contributed by atoms with Crippen molar-refractivity contribution < 1.29 is 64.6 Å². The molecule has 2 aromatic carbocycles. The molecule has 2 N–H and O–H groups in total. The van der Waals surface area contributed by atoms with Crippen LogP contribution < -0.4 is 62.2 Å². The topological polar surface area (TPSA) is 75.3 Å². The van der Waals surface area contributed by atoms with Gasteiger partial charge < -0.3 is 30.3 Å². The van der Waals surface area contributed by atoms with Gasteiger partial charge in [-0.25, -0.2) is 8.42 Å². The smallest absolute Gasteiger partial charge is 0.410 e. The van der Waals surface area contributed by atoms with Crippen LogP contribution in [0.2, 0.25) is 5.02 Å². The van der Waals surface area contributed by atoms with Gasteiger partial charge in [0.15, 0.2) is 9.84 Å². The molecule has 0 saturated heterocycles. The fourth-order valence-electron chi connectivity index (χ4n) is 2.60. The average Bonchev–Trinajstić information content (AvgIpc) is 2.60. The maximum Gasteiger partial charge on any atom is 1.00 e. The van der Waals surface area contributed by atoms with E-state index in [-0.39, 0.29) is 73.6 Å². The van der Waals surface area contributed by atoms with E-state index in [0.29, 0.717) is 16.1 Å². The molecule has 0 spiro atoms. The summed E-state index contributed by atoms with van der Waals surface area (Å²) in [4.78, 5) is 12.1. The Morgan fingerprint density at radius 3 is 2.25 bits per heavy atom. The van der Waals surface area contributed by atoms with Gasteiger partial charge in [0.25, 0.3) is 0 Å². The summed E-state index contributed by atoms with van der Waals surface area (Å²) in [5.74, 6) is -1.20. The number of amides is 1. The zero-order valence-corrected chi connectivity index (χ0v) is 21.6. The van der Waals surface area contributed by atoms with Crippen LogP contribution in [-0.2, 0) is 33.0 Å². The Morgan fingerprint density at radius 1 is 1.07 bits per heavy atom. The number of sulfone groups is 1. The molecule has 0 saturated carbocycles. The number of carbonyl (C=O) groups is 1. The van der Waals surface area contributed by atoms with Crippen LogP contribution in [0.1, 0.15) is 23.5 Å². The molecule has 1 atom stereocenters. The van der Waals surface area contributed by atoms with Crippen molar-refractivity contribution >= 4 is 56.5 Å². The van der Waals surface area contributed by atoms with Gasteiger partial charge in [-0.2, -0.15) is 0 Å². The predicted octanol–water partition coefficient (Wildman–Crippen LogP) is -0.115. The van der Waals surface area contributed by atoms with Crippen molar-refractivity contribution in [3.05, 3.63) is 70.7 Å². The zero-order valence-electron chi connectivity index (χ0n) is 15.2. The van der Waals surface area contributed by atoms with Gasteiger partial charge in [0.05, 0.1) is 11.5 Å². The number of hydrogen-bond donors (Lipinski definition) is 2. The largest absolute Gasteiger partial charge is 1.00 e. The van der Waals surface area contributed by atoms with Crippen LogP contribution in [0.4, 0.5) is 0 Å². The van der Waals surface area contributed by atoms with Crippen LogP contribution in [-0.4, -0.2) is 24.4 Å². The third-order valence-corrected chi connectivity index (χ3v) is 5.90. The molecule has 28 heavy (non-hydrogen) atoms. The maximum absolute atomic E-state index is 12.7. The van der Waals surface area contributed by atoms with E-state index in [1.165, 1.54) is 0 Å². The summed E-state index contributed by atoms with van der Waals surface area (Å²) in [5, 5.41) is 0.534. The van der Waals surface area contributed by atoms with Crippen molar-refractivity contribution in [1.29, 1.82) is 0 Å². The SMILES string of the molecule is O=C(CC(CS(=O)(=O)Cc1ccccc1)c1ccc(Cl)cc1)NNC(=S)[S-].[K+]. The van der Waals surface area contributed by atoms with Crippen molar-refractivity contribution in [3.8, 4) is 0 Å². The maximum atomic E-state index is 12.7. The summed E-state index contributed by atoms with van der Waals surface area (Å²) in [6.45, 7) is 0. The summed E-state index contributed by atoms with van der Waals surface area (Å²) >= 11 is 15.3. The van der Waals surface area contributed by atoms with Gasteiger partial charge in [0.2, 0.25) is 5.91 Å². The average molecular weight is 481 g/mol. The Hall–Kier alpha value is -0.104. The van der Waals surface area contributed by atoms with Crippen LogP contribution in [0.5, 0.6) is 0 Å². The number of thiocarbonyl (C=S) groups is 1. The normalized spacial score (nSPS) is 11.8. The number of carbonyl (C=O) groups excluding carboxylic acids is 1. The third-order valence-electron chi connectivity index (χ3n) is 3.76. The Kier molecular flexibility index (Phi) is 11.6. The first kappa shape index (κ1) is 25.9. The van der Waals surface area contributed by atoms with E-state index in [1.54, 1.807) is 48.5 Å². The van der Waals surface area contributed by atoms with E-state index in [1.807, 2.05) is 6.07 Å². The minimum Gasteiger partial charge on any atom is -0.410 e. The van der Waals surface area contributed by atoms with Crippen LogP contribution in [0.25, 0.3) is 0 Å². The van der Waals surface area contributed by atoms with Crippen molar-refractivity contribution in [3.63, 3.8) is 0 Å². The molecule has 144 valence electrons. The Labute approximate surface area is 223 Å². The molecule has 0 aliphatic heterocycles. The van der Waals surface area contributed by atoms with E-state index >= 15 is 0 Å². The molecule has 0 radical (unpaired) electrons. The van der Waals surface area contributed by atoms with Gasteiger partial charge in [-0.1, -0.05) is 54.1 Å². The Bertz CT molecular complexity index is 894. The second-order valence-electron chi connectivity index (χ2n) is 5.95.